The SMILES string of the molecule is CCOC(=O)c1sc(NC(=O)c2cc([N+](=O)[O-])nn2Cc2ccccc2)c(C(=O)OCC)c1C. The second-order valence-corrected chi connectivity index (χ2v) is 7.96. The lowest BCUT2D eigenvalue weighted by atomic mass is 10.1. The van der Waals surface area contributed by atoms with E-state index in [2.05, 4.69) is 10.4 Å². The average Bonchev–Trinajstić information content (AvgIpc) is 3.36. The summed E-state index contributed by atoms with van der Waals surface area (Å²) in [6, 6.07) is 10.0. The zero-order chi connectivity index (χ0) is 24.8. The van der Waals surface area contributed by atoms with Crippen molar-refractivity contribution in [3.8, 4) is 0 Å². The van der Waals surface area contributed by atoms with Crippen LogP contribution in [-0.4, -0.2) is 45.8 Å². The van der Waals surface area contributed by atoms with Crippen LogP contribution in [0.4, 0.5) is 10.8 Å². The summed E-state index contributed by atoms with van der Waals surface area (Å²) in [5.74, 6) is -2.59. The standard InChI is InChI=1S/C22H22N4O7S/c1-4-32-21(28)17-13(3)18(22(29)33-5-2)34-20(17)23-19(27)15-11-16(26(30)31)24-25(15)12-14-9-7-6-8-10-14/h6-11H,4-5,12H2,1-3H3,(H,23,27). The number of nitrogens with one attached hydrogen (secondary N) is 1. The van der Waals surface area contributed by atoms with E-state index in [0.29, 0.717) is 5.56 Å². The van der Waals surface area contributed by atoms with Gasteiger partial charge in [-0.3, -0.25) is 4.79 Å². The van der Waals surface area contributed by atoms with Crippen molar-refractivity contribution in [3.05, 3.63) is 73.8 Å². The van der Waals surface area contributed by atoms with Gasteiger partial charge in [0.05, 0.1) is 36.5 Å². The van der Waals surface area contributed by atoms with Crippen molar-refractivity contribution >= 4 is 40.0 Å². The molecule has 0 atom stereocenters. The molecule has 3 rings (SSSR count). The largest absolute Gasteiger partial charge is 0.462 e. The molecule has 34 heavy (non-hydrogen) atoms. The highest BCUT2D eigenvalue weighted by Crippen LogP contribution is 2.35. The smallest absolute Gasteiger partial charge is 0.390 e. The number of hydrogen-bond donors (Lipinski definition) is 1. The third-order valence-electron chi connectivity index (χ3n) is 4.68. The summed E-state index contributed by atoms with van der Waals surface area (Å²) >= 11 is 0.863. The maximum Gasteiger partial charge on any atom is 0.390 e. The third-order valence-corrected chi connectivity index (χ3v) is 5.86. The number of thiophene rings is 1. The number of hydrogen-bond acceptors (Lipinski definition) is 9. The average molecular weight is 487 g/mol. The Morgan fingerprint density at radius 1 is 1.12 bits per heavy atom. The fraction of sp³-hybridized carbons (Fsp3) is 0.273. The van der Waals surface area contributed by atoms with Crippen molar-refractivity contribution in [3.63, 3.8) is 0 Å². The summed E-state index contributed by atoms with van der Waals surface area (Å²) in [6.07, 6.45) is 0. The van der Waals surface area contributed by atoms with Crippen molar-refractivity contribution in [1.29, 1.82) is 0 Å². The fourth-order valence-corrected chi connectivity index (χ4v) is 4.24. The monoisotopic (exact) mass is 486 g/mol. The van der Waals surface area contributed by atoms with E-state index in [1.54, 1.807) is 45.0 Å². The van der Waals surface area contributed by atoms with Crippen LogP contribution < -0.4 is 5.32 Å². The molecule has 0 radical (unpaired) electrons. The van der Waals surface area contributed by atoms with Crippen LogP contribution in [0.2, 0.25) is 0 Å². The summed E-state index contributed by atoms with van der Waals surface area (Å²) in [5, 5.41) is 17.9. The summed E-state index contributed by atoms with van der Waals surface area (Å²) < 4.78 is 11.3. The van der Waals surface area contributed by atoms with Crippen molar-refractivity contribution in [2.45, 2.75) is 27.3 Å². The molecule has 0 saturated heterocycles. The first kappa shape index (κ1) is 24.6. The van der Waals surface area contributed by atoms with Crippen LogP contribution in [0.3, 0.4) is 0 Å². The topological polar surface area (TPSA) is 143 Å². The van der Waals surface area contributed by atoms with E-state index in [0.717, 1.165) is 23.0 Å². The van der Waals surface area contributed by atoms with E-state index in [-0.39, 0.29) is 40.9 Å². The highest BCUT2D eigenvalue weighted by molar-refractivity contribution is 7.18. The number of nitrogens with zero attached hydrogens (tertiary/aromatic N) is 3. The third kappa shape index (κ3) is 5.29. The van der Waals surface area contributed by atoms with Gasteiger partial charge < -0.3 is 24.9 Å². The number of nitro groups is 1. The Morgan fingerprint density at radius 3 is 2.38 bits per heavy atom. The number of amides is 1. The van der Waals surface area contributed by atoms with Gasteiger partial charge >= 0.3 is 17.8 Å². The Kier molecular flexibility index (Phi) is 7.74. The Bertz CT molecular complexity index is 1230. The summed E-state index contributed by atoms with van der Waals surface area (Å²) in [7, 11) is 0. The molecule has 3 aromatic rings. The number of esters is 2. The zero-order valence-electron chi connectivity index (χ0n) is 18.7. The van der Waals surface area contributed by atoms with Crippen LogP contribution >= 0.6 is 11.3 Å². The molecule has 0 saturated carbocycles. The number of rotatable bonds is 9. The van der Waals surface area contributed by atoms with Gasteiger partial charge in [0, 0.05) is 0 Å². The van der Waals surface area contributed by atoms with Crippen molar-refractivity contribution in [2.75, 3.05) is 18.5 Å². The van der Waals surface area contributed by atoms with Crippen molar-refractivity contribution < 1.29 is 28.8 Å². The first-order valence-electron chi connectivity index (χ1n) is 10.3. The summed E-state index contributed by atoms with van der Waals surface area (Å²) in [4.78, 5) is 48.8. The van der Waals surface area contributed by atoms with Crippen LogP contribution in [0.25, 0.3) is 0 Å². The molecular weight excluding hydrogens is 464 g/mol. The molecule has 2 aromatic heterocycles. The minimum absolute atomic E-state index is 0.0203. The van der Waals surface area contributed by atoms with E-state index >= 15 is 0 Å². The number of aromatic nitrogens is 2. The Balaban J connectivity index is 2.00. The Hall–Kier alpha value is -4.06. The molecule has 0 fully saturated rings. The second-order valence-electron chi connectivity index (χ2n) is 6.94. The number of anilines is 1. The second kappa shape index (κ2) is 10.7. The van der Waals surface area contributed by atoms with Gasteiger partial charge in [-0.05, 0) is 36.8 Å². The van der Waals surface area contributed by atoms with E-state index in [9.17, 15) is 24.5 Å². The van der Waals surface area contributed by atoms with Gasteiger partial charge in [0.15, 0.2) is 5.69 Å². The lowest BCUT2D eigenvalue weighted by Gasteiger charge is -2.07. The maximum absolute atomic E-state index is 13.2. The number of carbonyl (C=O) groups is 3. The Morgan fingerprint density at radius 2 is 1.76 bits per heavy atom. The molecule has 0 bridgehead atoms. The minimum Gasteiger partial charge on any atom is -0.462 e. The quantitative estimate of drug-likeness (QED) is 0.273. The van der Waals surface area contributed by atoms with Gasteiger partial charge in [0.2, 0.25) is 0 Å². The molecule has 178 valence electrons. The predicted molar refractivity (Wildman–Crippen MR) is 123 cm³/mol. The molecule has 0 unspecified atom stereocenters. The van der Waals surface area contributed by atoms with E-state index in [4.69, 9.17) is 9.47 Å². The first-order chi connectivity index (χ1) is 16.3. The van der Waals surface area contributed by atoms with Gasteiger partial charge in [0.1, 0.15) is 9.88 Å². The van der Waals surface area contributed by atoms with Crippen molar-refractivity contribution in [2.24, 2.45) is 0 Å². The van der Waals surface area contributed by atoms with Crippen LogP contribution in [-0.2, 0) is 16.0 Å². The maximum atomic E-state index is 13.2. The molecule has 1 amide bonds. The predicted octanol–water partition coefficient (Wildman–Crippen LogP) is 3.82. The van der Waals surface area contributed by atoms with E-state index in [1.807, 2.05) is 6.07 Å². The highest BCUT2D eigenvalue weighted by Gasteiger charge is 2.30. The molecule has 0 spiro atoms. The van der Waals surface area contributed by atoms with Crippen molar-refractivity contribution in [1.82, 2.24) is 9.78 Å². The normalized spacial score (nSPS) is 10.6. The van der Waals surface area contributed by atoms with E-state index < -0.39 is 28.6 Å². The van der Waals surface area contributed by atoms with Crippen LogP contribution in [0.15, 0.2) is 36.4 Å². The lowest BCUT2D eigenvalue weighted by molar-refractivity contribution is -0.389. The lowest BCUT2D eigenvalue weighted by Crippen LogP contribution is -2.19. The van der Waals surface area contributed by atoms with E-state index in [1.165, 1.54) is 4.68 Å². The highest BCUT2D eigenvalue weighted by atomic mass is 32.1. The number of carbonyl (C=O) groups excluding carboxylic acids is 3. The molecule has 1 aromatic carbocycles. The molecule has 0 aliphatic carbocycles. The zero-order valence-corrected chi connectivity index (χ0v) is 19.5. The molecule has 0 aliphatic heterocycles. The van der Waals surface area contributed by atoms with Crippen LogP contribution in [0.5, 0.6) is 0 Å². The molecule has 2 heterocycles. The Labute approximate surface area is 198 Å². The first-order valence-corrected chi connectivity index (χ1v) is 11.1. The van der Waals surface area contributed by atoms with Gasteiger partial charge in [-0.1, -0.05) is 30.3 Å². The van der Waals surface area contributed by atoms with Crippen LogP contribution in [0.1, 0.15) is 55.5 Å². The molecule has 12 heteroatoms. The van der Waals surface area contributed by atoms with Gasteiger partial charge in [-0.15, -0.1) is 11.3 Å². The van der Waals surface area contributed by atoms with Crippen LogP contribution in [0, 0.1) is 17.0 Å². The number of ether oxygens (including phenoxy) is 2. The van der Waals surface area contributed by atoms with Gasteiger partial charge in [0.25, 0.3) is 5.91 Å². The molecule has 1 N–H and O–H groups in total. The summed E-state index contributed by atoms with van der Waals surface area (Å²) in [6.45, 7) is 5.16. The minimum atomic E-state index is -0.737. The fourth-order valence-electron chi connectivity index (χ4n) is 3.16. The number of benzene rings is 1. The molecule has 0 aliphatic rings. The molecular formula is C22H22N4O7S. The van der Waals surface area contributed by atoms with Gasteiger partial charge in [-0.2, -0.15) is 4.68 Å². The van der Waals surface area contributed by atoms with Gasteiger partial charge in [-0.25, -0.2) is 9.59 Å². The molecule has 11 nitrogen and oxygen atoms in total. The summed E-state index contributed by atoms with van der Waals surface area (Å²) in [5.41, 5.74) is 1.01.